The van der Waals surface area contributed by atoms with Gasteiger partial charge in [0.15, 0.2) is 0 Å². The lowest BCUT2D eigenvalue weighted by Gasteiger charge is -2.08. The van der Waals surface area contributed by atoms with Crippen LogP contribution < -0.4 is 5.32 Å². The molecule has 0 saturated heterocycles. The first-order valence-corrected chi connectivity index (χ1v) is 6.63. The lowest BCUT2D eigenvalue weighted by Crippen LogP contribution is -1.99. The van der Waals surface area contributed by atoms with Crippen molar-refractivity contribution in [1.82, 2.24) is 0 Å². The van der Waals surface area contributed by atoms with E-state index in [0.29, 0.717) is 6.54 Å². The fraction of sp³-hybridized carbons (Fsp3) is 0.0769. The minimum atomic E-state index is 0.711. The fourth-order valence-corrected chi connectivity index (χ4v) is 2.15. The highest BCUT2D eigenvalue weighted by atomic mass is 79.9. The van der Waals surface area contributed by atoms with Gasteiger partial charge in [0, 0.05) is 26.8 Å². The Kier molecular flexibility index (Phi) is 4.32. The fourth-order valence-electron chi connectivity index (χ4n) is 1.44. The van der Waals surface area contributed by atoms with Crippen molar-refractivity contribution in [2.75, 3.05) is 5.32 Å². The molecule has 0 bridgehead atoms. The number of rotatable bonds is 3. The smallest absolute Gasteiger partial charge is 0.0412 e. The van der Waals surface area contributed by atoms with E-state index >= 15 is 0 Å². The third kappa shape index (κ3) is 3.63. The maximum atomic E-state index is 5.95. The van der Waals surface area contributed by atoms with Gasteiger partial charge in [-0.15, -0.1) is 0 Å². The van der Waals surface area contributed by atoms with Crippen LogP contribution >= 0.6 is 39.1 Å². The second kappa shape index (κ2) is 5.76. The summed E-state index contributed by atoms with van der Waals surface area (Å²) in [5.41, 5.74) is 2.15. The monoisotopic (exact) mass is 329 g/mol. The van der Waals surface area contributed by atoms with Gasteiger partial charge in [0.25, 0.3) is 0 Å². The molecule has 0 unspecified atom stereocenters. The van der Waals surface area contributed by atoms with E-state index in [-0.39, 0.29) is 0 Å². The van der Waals surface area contributed by atoms with E-state index in [2.05, 4.69) is 21.2 Å². The molecule has 2 rings (SSSR count). The number of hydrogen-bond acceptors (Lipinski definition) is 1. The molecule has 0 amide bonds. The average Bonchev–Trinajstić information content (AvgIpc) is 2.32. The van der Waals surface area contributed by atoms with Crippen molar-refractivity contribution >= 4 is 44.8 Å². The van der Waals surface area contributed by atoms with Gasteiger partial charge in [-0.05, 0) is 48.0 Å². The first-order chi connectivity index (χ1) is 8.15. The van der Waals surface area contributed by atoms with Gasteiger partial charge in [0.2, 0.25) is 0 Å². The lowest BCUT2D eigenvalue weighted by molar-refractivity contribution is 1.14. The largest absolute Gasteiger partial charge is 0.381 e. The second-order valence-electron chi connectivity index (χ2n) is 3.60. The highest BCUT2D eigenvalue weighted by Gasteiger charge is 2.01. The molecular formula is C13H10BrCl2N. The number of nitrogens with one attached hydrogen (secondary N) is 1. The molecule has 0 aromatic heterocycles. The van der Waals surface area contributed by atoms with E-state index < -0.39 is 0 Å². The molecule has 0 heterocycles. The van der Waals surface area contributed by atoms with Crippen LogP contribution in [0.2, 0.25) is 10.0 Å². The highest BCUT2D eigenvalue weighted by molar-refractivity contribution is 9.10. The predicted molar refractivity (Wildman–Crippen MR) is 77.9 cm³/mol. The van der Waals surface area contributed by atoms with Crippen molar-refractivity contribution in [2.24, 2.45) is 0 Å². The van der Waals surface area contributed by atoms with Crippen LogP contribution in [0, 0.1) is 0 Å². The molecule has 0 fully saturated rings. The Bertz CT molecular complexity index is 511. The number of hydrogen-bond donors (Lipinski definition) is 1. The summed E-state index contributed by atoms with van der Waals surface area (Å²) in [5.74, 6) is 0. The summed E-state index contributed by atoms with van der Waals surface area (Å²) < 4.78 is 1.04. The van der Waals surface area contributed by atoms with Gasteiger partial charge in [0.1, 0.15) is 0 Å². The summed E-state index contributed by atoms with van der Waals surface area (Å²) in [6, 6.07) is 13.3. The molecule has 1 N–H and O–H groups in total. The number of benzene rings is 2. The van der Waals surface area contributed by atoms with Crippen molar-refractivity contribution in [3.05, 3.63) is 62.5 Å². The topological polar surface area (TPSA) is 12.0 Å². The first-order valence-electron chi connectivity index (χ1n) is 5.08. The molecule has 0 spiro atoms. The molecule has 0 atom stereocenters. The molecule has 17 heavy (non-hydrogen) atoms. The van der Waals surface area contributed by atoms with Crippen LogP contribution in [-0.2, 0) is 6.54 Å². The standard InChI is InChI=1S/C13H10BrCl2N/c14-13-6-3-11(16)7-9(13)8-17-12-4-1-10(15)2-5-12/h1-7,17H,8H2. The van der Waals surface area contributed by atoms with E-state index in [4.69, 9.17) is 23.2 Å². The normalized spacial score (nSPS) is 10.3. The van der Waals surface area contributed by atoms with Gasteiger partial charge < -0.3 is 5.32 Å². The number of halogens is 3. The molecule has 2 aromatic rings. The molecular weight excluding hydrogens is 321 g/mol. The zero-order chi connectivity index (χ0) is 12.3. The van der Waals surface area contributed by atoms with Gasteiger partial charge in [0.05, 0.1) is 0 Å². The van der Waals surface area contributed by atoms with Crippen LogP contribution in [0.3, 0.4) is 0 Å². The van der Waals surface area contributed by atoms with Gasteiger partial charge in [-0.2, -0.15) is 0 Å². The van der Waals surface area contributed by atoms with Crippen molar-refractivity contribution < 1.29 is 0 Å². The van der Waals surface area contributed by atoms with Crippen LogP contribution in [0.15, 0.2) is 46.9 Å². The Morgan fingerprint density at radius 1 is 0.941 bits per heavy atom. The van der Waals surface area contributed by atoms with E-state index in [1.165, 1.54) is 0 Å². The molecule has 2 aromatic carbocycles. The van der Waals surface area contributed by atoms with Crippen molar-refractivity contribution in [2.45, 2.75) is 6.54 Å². The Balaban J connectivity index is 2.07. The van der Waals surface area contributed by atoms with Crippen molar-refractivity contribution in [3.8, 4) is 0 Å². The molecule has 0 aliphatic carbocycles. The summed E-state index contributed by atoms with van der Waals surface area (Å²) >= 11 is 15.3. The predicted octanol–water partition coefficient (Wildman–Crippen LogP) is 5.37. The lowest BCUT2D eigenvalue weighted by atomic mass is 10.2. The van der Waals surface area contributed by atoms with Gasteiger partial charge in [-0.25, -0.2) is 0 Å². The molecule has 0 aliphatic heterocycles. The molecule has 0 aliphatic rings. The van der Waals surface area contributed by atoms with Crippen molar-refractivity contribution in [3.63, 3.8) is 0 Å². The van der Waals surface area contributed by atoms with Crippen LogP contribution in [0.25, 0.3) is 0 Å². The van der Waals surface area contributed by atoms with Crippen LogP contribution in [0.5, 0.6) is 0 Å². The zero-order valence-corrected chi connectivity index (χ0v) is 12.0. The maximum absolute atomic E-state index is 5.95. The molecule has 0 radical (unpaired) electrons. The molecule has 4 heteroatoms. The molecule has 1 nitrogen and oxygen atoms in total. The Morgan fingerprint density at radius 3 is 2.29 bits per heavy atom. The van der Waals surface area contributed by atoms with E-state index in [0.717, 1.165) is 25.8 Å². The molecule has 0 saturated carbocycles. The molecule has 88 valence electrons. The third-order valence-electron chi connectivity index (χ3n) is 2.33. The van der Waals surface area contributed by atoms with Crippen molar-refractivity contribution in [1.29, 1.82) is 0 Å². The maximum Gasteiger partial charge on any atom is 0.0412 e. The Labute approximate surface area is 119 Å². The first kappa shape index (κ1) is 12.7. The second-order valence-corrected chi connectivity index (χ2v) is 5.32. The van der Waals surface area contributed by atoms with Crippen LogP contribution in [0.1, 0.15) is 5.56 Å². The van der Waals surface area contributed by atoms with Gasteiger partial charge >= 0.3 is 0 Å². The summed E-state index contributed by atoms with van der Waals surface area (Å²) in [7, 11) is 0. The van der Waals surface area contributed by atoms with Gasteiger partial charge in [-0.1, -0.05) is 39.1 Å². The van der Waals surface area contributed by atoms with E-state index in [9.17, 15) is 0 Å². The minimum absolute atomic E-state index is 0.711. The summed E-state index contributed by atoms with van der Waals surface area (Å²) in [5, 5.41) is 4.78. The SMILES string of the molecule is Clc1ccc(NCc2cc(Cl)ccc2Br)cc1. The van der Waals surface area contributed by atoms with Crippen LogP contribution in [0.4, 0.5) is 5.69 Å². The minimum Gasteiger partial charge on any atom is -0.381 e. The summed E-state index contributed by atoms with van der Waals surface area (Å²) in [6.07, 6.45) is 0. The summed E-state index contributed by atoms with van der Waals surface area (Å²) in [4.78, 5) is 0. The van der Waals surface area contributed by atoms with Gasteiger partial charge in [-0.3, -0.25) is 0 Å². The zero-order valence-electron chi connectivity index (χ0n) is 8.88. The quantitative estimate of drug-likeness (QED) is 0.797. The summed E-state index contributed by atoms with van der Waals surface area (Å²) in [6.45, 7) is 0.711. The Hall–Kier alpha value is -0.700. The van der Waals surface area contributed by atoms with E-state index in [1.54, 1.807) is 0 Å². The third-order valence-corrected chi connectivity index (χ3v) is 3.60. The number of anilines is 1. The Morgan fingerprint density at radius 2 is 1.59 bits per heavy atom. The van der Waals surface area contributed by atoms with Crippen LogP contribution in [-0.4, -0.2) is 0 Å². The average molecular weight is 331 g/mol. The van der Waals surface area contributed by atoms with E-state index in [1.807, 2.05) is 42.5 Å². The highest BCUT2D eigenvalue weighted by Crippen LogP contribution is 2.22.